The molecule has 5 heteroatoms. The van der Waals surface area contributed by atoms with Crippen LogP contribution in [0.1, 0.15) is 21.1 Å². The van der Waals surface area contributed by atoms with Gasteiger partial charge in [0.2, 0.25) is 0 Å². The molecule has 0 fully saturated rings. The number of thiazole rings is 1. The number of carbonyl (C=O) groups is 1. The molecular formula is C16H13BrN2OS. The van der Waals surface area contributed by atoms with E-state index in [1.54, 1.807) is 11.3 Å². The Morgan fingerprint density at radius 3 is 2.76 bits per heavy atom. The molecule has 3 aromatic rings. The summed E-state index contributed by atoms with van der Waals surface area (Å²) in [5.74, 6) is -0.0783. The Morgan fingerprint density at radius 2 is 2.00 bits per heavy atom. The SMILES string of the molecule is Cc1nc(CNC(=O)c2ccc3cc(Br)ccc3c2)cs1. The largest absolute Gasteiger partial charge is 0.346 e. The van der Waals surface area contributed by atoms with Crippen molar-refractivity contribution in [1.29, 1.82) is 0 Å². The quantitative estimate of drug-likeness (QED) is 0.756. The minimum absolute atomic E-state index is 0.0783. The number of aryl methyl sites for hydroxylation is 1. The summed E-state index contributed by atoms with van der Waals surface area (Å²) < 4.78 is 1.03. The summed E-state index contributed by atoms with van der Waals surface area (Å²) in [4.78, 5) is 16.5. The van der Waals surface area contributed by atoms with E-state index in [9.17, 15) is 4.79 Å². The summed E-state index contributed by atoms with van der Waals surface area (Å²) in [6, 6.07) is 11.7. The van der Waals surface area contributed by atoms with Gasteiger partial charge in [0.1, 0.15) is 0 Å². The van der Waals surface area contributed by atoms with E-state index in [0.717, 1.165) is 25.9 Å². The molecule has 1 aromatic heterocycles. The summed E-state index contributed by atoms with van der Waals surface area (Å²) in [5, 5.41) is 8.03. The van der Waals surface area contributed by atoms with Gasteiger partial charge in [-0.25, -0.2) is 4.98 Å². The summed E-state index contributed by atoms with van der Waals surface area (Å²) in [6.45, 7) is 2.42. The van der Waals surface area contributed by atoms with Gasteiger partial charge in [-0.2, -0.15) is 0 Å². The van der Waals surface area contributed by atoms with Crippen LogP contribution in [0.3, 0.4) is 0 Å². The van der Waals surface area contributed by atoms with Gasteiger partial charge in [0.15, 0.2) is 0 Å². The second kappa shape index (κ2) is 5.95. The predicted molar refractivity (Wildman–Crippen MR) is 89.7 cm³/mol. The van der Waals surface area contributed by atoms with Gasteiger partial charge >= 0.3 is 0 Å². The van der Waals surface area contributed by atoms with Gasteiger partial charge in [-0.3, -0.25) is 4.79 Å². The van der Waals surface area contributed by atoms with Crippen molar-refractivity contribution in [2.45, 2.75) is 13.5 Å². The summed E-state index contributed by atoms with van der Waals surface area (Å²) in [6.07, 6.45) is 0. The number of aromatic nitrogens is 1. The van der Waals surface area contributed by atoms with Crippen molar-refractivity contribution in [3.05, 3.63) is 62.5 Å². The van der Waals surface area contributed by atoms with Gasteiger partial charge < -0.3 is 5.32 Å². The third-order valence-electron chi connectivity index (χ3n) is 3.16. The van der Waals surface area contributed by atoms with Crippen LogP contribution in [-0.2, 0) is 6.54 Å². The van der Waals surface area contributed by atoms with Crippen molar-refractivity contribution >= 4 is 43.9 Å². The van der Waals surface area contributed by atoms with E-state index in [4.69, 9.17) is 0 Å². The molecule has 0 unspecified atom stereocenters. The molecule has 0 aliphatic rings. The van der Waals surface area contributed by atoms with E-state index in [0.29, 0.717) is 12.1 Å². The van der Waals surface area contributed by atoms with Crippen LogP contribution in [0.5, 0.6) is 0 Å². The molecule has 0 atom stereocenters. The van der Waals surface area contributed by atoms with Crippen LogP contribution >= 0.6 is 27.3 Å². The van der Waals surface area contributed by atoms with Gasteiger partial charge in [-0.15, -0.1) is 11.3 Å². The molecule has 3 nitrogen and oxygen atoms in total. The van der Waals surface area contributed by atoms with E-state index in [-0.39, 0.29) is 5.91 Å². The van der Waals surface area contributed by atoms with E-state index in [1.807, 2.05) is 48.7 Å². The number of benzene rings is 2. The number of fused-ring (bicyclic) bond motifs is 1. The van der Waals surface area contributed by atoms with Gasteiger partial charge in [-0.1, -0.05) is 28.1 Å². The Morgan fingerprint density at radius 1 is 1.24 bits per heavy atom. The monoisotopic (exact) mass is 360 g/mol. The van der Waals surface area contributed by atoms with Crippen molar-refractivity contribution in [1.82, 2.24) is 10.3 Å². The highest BCUT2D eigenvalue weighted by atomic mass is 79.9. The lowest BCUT2D eigenvalue weighted by Crippen LogP contribution is -2.22. The Kier molecular flexibility index (Phi) is 4.03. The molecule has 0 saturated carbocycles. The molecule has 3 rings (SSSR count). The molecule has 0 aliphatic heterocycles. The zero-order valence-corrected chi connectivity index (χ0v) is 13.8. The van der Waals surface area contributed by atoms with Crippen LogP contribution in [-0.4, -0.2) is 10.9 Å². The lowest BCUT2D eigenvalue weighted by molar-refractivity contribution is 0.0950. The first kappa shape index (κ1) is 14.2. The molecule has 0 aliphatic carbocycles. The molecule has 0 radical (unpaired) electrons. The summed E-state index contributed by atoms with van der Waals surface area (Å²) in [7, 11) is 0. The number of carbonyl (C=O) groups excluding carboxylic acids is 1. The van der Waals surface area contributed by atoms with Crippen LogP contribution in [0.4, 0.5) is 0 Å². The second-order valence-corrected chi connectivity index (χ2v) is 6.72. The Bertz CT molecular complexity index is 813. The van der Waals surface area contributed by atoms with Gasteiger partial charge in [-0.05, 0) is 42.0 Å². The lowest BCUT2D eigenvalue weighted by Gasteiger charge is -2.05. The van der Waals surface area contributed by atoms with Gasteiger partial charge in [0, 0.05) is 15.4 Å². The van der Waals surface area contributed by atoms with E-state index >= 15 is 0 Å². The standard InChI is InChI=1S/C16H13BrN2OS/c1-10-19-15(9-21-10)8-18-16(20)13-3-2-12-7-14(17)5-4-11(12)6-13/h2-7,9H,8H2,1H3,(H,18,20). The number of amides is 1. The maximum Gasteiger partial charge on any atom is 0.251 e. The molecular weight excluding hydrogens is 348 g/mol. The first-order chi connectivity index (χ1) is 10.1. The highest BCUT2D eigenvalue weighted by molar-refractivity contribution is 9.10. The van der Waals surface area contributed by atoms with E-state index in [2.05, 4.69) is 26.2 Å². The zero-order valence-electron chi connectivity index (χ0n) is 11.4. The second-order valence-electron chi connectivity index (χ2n) is 4.75. The molecule has 106 valence electrons. The van der Waals surface area contributed by atoms with Crippen LogP contribution in [0, 0.1) is 6.92 Å². The number of rotatable bonds is 3. The molecule has 2 aromatic carbocycles. The predicted octanol–water partition coefficient (Wildman–Crippen LogP) is 4.30. The maximum atomic E-state index is 12.2. The zero-order chi connectivity index (χ0) is 14.8. The van der Waals surface area contributed by atoms with Crippen LogP contribution in [0.15, 0.2) is 46.3 Å². The number of hydrogen-bond acceptors (Lipinski definition) is 3. The van der Waals surface area contributed by atoms with Gasteiger partial charge in [0.05, 0.1) is 17.2 Å². The summed E-state index contributed by atoms with van der Waals surface area (Å²) >= 11 is 5.04. The minimum Gasteiger partial charge on any atom is -0.346 e. The van der Waals surface area contributed by atoms with Crippen molar-refractivity contribution in [3.63, 3.8) is 0 Å². The van der Waals surface area contributed by atoms with E-state index in [1.165, 1.54) is 0 Å². The first-order valence-electron chi connectivity index (χ1n) is 6.50. The molecule has 1 heterocycles. The number of nitrogens with one attached hydrogen (secondary N) is 1. The molecule has 0 spiro atoms. The number of nitrogens with zero attached hydrogens (tertiary/aromatic N) is 1. The summed E-state index contributed by atoms with van der Waals surface area (Å²) in [5.41, 5.74) is 1.56. The van der Waals surface area contributed by atoms with Crippen LogP contribution < -0.4 is 5.32 Å². The Hall–Kier alpha value is -1.72. The Labute approximate surface area is 135 Å². The number of hydrogen-bond donors (Lipinski definition) is 1. The van der Waals surface area contributed by atoms with Crippen LogP contribution in [0.25, 0.3) is 10.8 Å². The number of halogens is 1. The highest BCUT2D eigenvalue weighted by Crippen LogP contribution is 2.21. The topological polar surface area (TPSA) is 42.0 Å². The van der Waals surface area contributed by atoms with Gasteiger partial charge in [0.25, 0.3) is 5.91 Å². The van der Waals surface area contributed by atoms with Crippen LogP contribution in [0.2, 0.25) is 0 Å². The van der Waals surface area contributed by atoms with Crippen molar-refractivity contribution in [2.24, 2.45) is 0 Å². The fraction of sp³-hybridized carbons (Fsp3) is 0.125. The third kappa shape index (κ3) is 3.31. The normalized spacial score (nSPS) is 10.8. The smallest absolute Gasteiger partial charge is 0.251 e. The minimum atomic E-state index is -0.0783. The van der Waals surface area contributed by atoms with Crippen molar-refractivity contribution in [2.75, 3.05) is 0 Å². The van der Waals surface area contributed by atoms with E-state index < -0.39 is 0 Å². The molecule has 21 heavy (non-hydrogen) atoms. The lowest BCUT2D eigenvalue weighted by atomic mass is 10.1. The van der Waals surface area contributed by atoms with Crippen molar-refractivity contribution in [3.8, 4) is 0 Å². The molecule has 0 bridgehead atoms. The Balaban J connectivity index is 1.76. The first-order valence-corrected chi connectivity index (χ1v) is 8.17. The average Bonchev–Trinajstić information content (AvgIpc) is 2.90. The molecule has 0 saturated heterocycles. The van der Waals surface area contributed by atoms with Crippen molar-refractivity contribution < 1.29 is 4.79 Å². The fourth-order valence-corrected chi connectivity index (χ4v) is 3.11. The highest BCUT2D eigenvalue weighted by Gasteiger charge is 2.07. The average molecular weight is 361 g/mol. The maximum absolute atomic E-state index is 12.2. The molecule has 1 N–H and O–H groups in total. The fourth-order valence-electron chi connectivity index (χ4n) is 2.12. The third-order valence-corrected chi connectivity index (χ3v) is 4.48. The molecule has 1 amide bonds.